The van der Waals surface area contributed by atoms with Crippen molar-refractivity contribution in [1.29, 1.82) is 0 Å². The van der Waals surface area contributed by atoms with Gasteiger partial charge in [-0.25, -0.2) is 4.98 Å². The van der Waals surface area contributed by atoms with Crippen molar-refractivity contribution in [3.05, 3.63) is 26.3 Å². The van der Waals surface area contributed by atoms with Gasteiger partial charge in [-0.15, -0.1) is 0 Å². The molecule has 2 fully saturated rings. The fraction of sp³-hybridized carbons (Fsp3) is 0.692. The average molecular weight is 297 g/mol. The molecule has 1 N–H and O–H groups in total. The number of aromatic amines is 1. The van der Waals surface area contributed by atoms with Gasteiger partial charge in [-0.05, 0) is 41.6 Å². The van der Waals surface area contributed by atoms with E-state index in [1.165, 1.54) is 44.9 Å². The third kappa shape index (κ3) is 2.32. The minimum absolute atomic E-state index is 0.00229. The molecule has 0 spiro atoms. The molecule has 0 atom stereocenters. The van der Waals surface area contributed by atoms with Crippen molar-refractivity contribution < 1.29 is 0 Å². The number of aromatic nitrogens is 2. The van der Waals surface area contributed by atoms with Crippen LogP contribution >= 0.6 is 15.9 Å². The molecule has 0 aliphatic heterocycles. The monoisotopic (exact) mass is 296 g/mol. The molecule has 0 amide bonds. The van der Waals surface area contributed by atoms with Crippen molar-refractivity contribution in [2.45, 2.75) is 56.8 Å². The quantitative estimate of drug-likeness (QED) is 0.908. The average Bonchev–Trinajstić information content (AvgIpc) is 3.18. The molecule has 0 unspecified atom stereocenters. The fourth-order valence-electron chi connectivity index (χ4n) is 2.69. The highest BCUT2D eigenvalue weighted by molar-refractivity contribution is 9.10. The Morgan fingerprint density at radius 2 is 1.76 bits per heavy atom. The van der Waals surface area contributed by atoms with Crippen LogP contribution in [0.15, 0.2) is 9.27 Å². The Morgan fingerprint density at radius 1 is 1.06 bits per heavy atom. The second kappa shape index (κ2) is 4.56. The predicted molar refractivity (Wildman–Crippen MR) is 70.4 cm³/mol. The molecule has 1 heterocycles. The van der Waals surface area contributed by atoms with E-state index >= 15 is 0 Å². The van der Waals surface area contributed by atoms with Crippen molar-refractivity contribution >= 4 is 15.9 Å². The lowest BCUT2D eigenvalue weighted by atomic mass is 9.88. The Labute approximate surface area is 109 Å². The van der Waals surface area contributed by atoms with Crippen LogP contribution in [-0.2, 0) is 0 Å². The third-order valence-electron chi connectivity index (χ3n) is 3.86. The molecular weight excluding hydrogens is 280 g/mol. The summed E-state index contributed by atoms with van der Waals surface area (Å²) in [6.45, 7) is 0. The Bertz CT molecular complexity index is 473. The summed E-state index contributed by atoms with van der Waals surface area (Å²) in [5.41, 5.74) is 0.997. The summed E-state index contributed by atoms with van der Waals surface area (Å²) in [6.07, 6.45) is 8.57. The number of halogens is 1. The van der Waals surface area contributed by atoms with Crippen LogP contribution in [0.2, 0.25) is 0 Å². The van der Waals surface area contributed by atoms with Gasteiger partial charge in [0.15, 0.2) is 0 Å². The number of rotatable bonds is 2. The van der Waals surface area contributed by atoms with E-state index < -0.39 is 0 Å². The van der Waals surface area contributed by atoms with E-state index in [0.29, 0.717) is 16.3 Å². The Kier molecular flexibility index (Phi) is 3.07. The molecule has 1 aromatic heterocycles. The van der Waals surface area contributed by atoms with Gasteiger partial charge in [0.25, 0.3) is 5.56 Å². The van der Waals surface area contributed by atoms with Gasteiger partial charge < -0.3 is 4.98 Å². The first kappa shape index (κ1) is 11.5. The van der Waals surface area contributed by atoms with Crippen molar-refractivity contribution in [3.8, 4) is 0 Å². The Balaban J connectivity index is 1.96. The van der Waals surface area contributed by atoms with Crippen LogP contribution in [0, 0.1) is 0 Å². The number of hydrogen-bond donors (Lipinski definition) is 1. The molecule has 2 saturated carbocycles. The van der Waals surface area contributed by atoms with Crippen molar-refractivity contribution in [2.24, 2.45) is 0 Å². The van der Waals surface area contributed by atoms with Gasteiger partial charge in [-0.3, -0.25) is 4.79 Å². The van der Waals surface area contributed by atoms with E-state index in [1.54, 1.807) is 0 Å². The van der Waals surface area contributed by atoms with Gasteiger partial charge in [-0.1, -0.05) is 19.3 Å². The molecule has 17 heavy (non-hydrogen) atoms. The number of nitrogens with zero attached hydrogens (tertiary/aromatic N) is 1. The maximum absolute atomic E-state index is 11.9. The van der Waals surface area contributed by atoms with E-state index in [-0.39, 0.29) is 5.56 Å². The molecule has 92 valence electrons. The van der Waals surface area contributed by atoms with Gasteiger partial charge in [0, 0.05) is 11.8 Å². The zero-order valence-electron chi connectivity index (χ0n) is 9.84. The van der Waals surface area contributed by atoms with E-state index in [0.717, 1.165) is 11.5 Å². The molecule has 1 aromatic rings. The van der Waals surface area contributed by atoms with Crippen LogP contribution in [0.25, 0.3) is 0 Å². The van der Waals surface area contributed by atoms with Crippen LogP contribution < -0.4 is 5.56 Å². The van der Waals surface area contributed by atoms with E-state index in [4.69, 9.17) is 4.98 Å². The fourth-order valence-corrected chi connectivity index (χ4v) is 3.20. The number of hydrogen-bond acceptors (Lipinski definition) is 2. The van der Waals surface area contributed by atoms with Crippen LogP contribution in [0.4, 0.5) is 0 Å². The lowest BCUT2D eigenvalue weighted by molar-refractivity contribution is 0.426. The van der Waals surface area contributed by atoms with Gasteiger partial charge in [-0.2, -0.15) is 0 Å². The molecule has 2 aliphatic carbocycles. The first-order valence-corrected chi connectivity index (χ1v) is 7.34. The summed E-state index contributed by atoms with van der Waals surface area (Å²) in [5, 5.41) is 0. The van der Waals surface area contributed by atoms with Crippen LogP contribution in [0.5, 0.6) is 0 Å². The Morgan fingerprint density at radius 3 is 2.41 bits per heavy atom. The van der Waals surface area contributed by atoms with Crippen molar-refractivity contribution in [1.82, 2.24) is 9.97 Å². The lowest BCUT2D eigenvalue weighted by Crippen LogP contribution is -2.19. The smallest absolute Gasteiger partial charge is 0.265 e. The largest absolute Gasteiger partial charge is 0.309 e. The van der Waals surface area contributed by atoms with Crippen molar-refractivity contribution in [3.63, 3.8) is 0 Å². The summed E-state index contributed by atoms with van der Waals surface area (Å²) >= 11 is 3.37. The molecule has 3 nitrogen and oxygen atoms in total. The van der Waals surface area contributed by atoms with E-state index in [2.05, 4.69) is 20.9 Å². The molecule has 0 bridgehead atoms. The molecule has 4 heteroatoms. The topological polar surface area (TPSA) is 45.8 Å². The van der Waals surface area contributed by atoms with Gasteiger partial charge >= 0.3 is 0 Å². The summed E-state index contributed by atoms with van der Waals surface area (Å²) in [4.78, 5) is 19.6. The van der Waals surface area contributed by atoms with E-state index in [9.17, 15) is 4.79 Å². The van der Waals surface area contributed by atoms with Gasteiger partial charge in [0.1, 0.15) is 10.3 Å². The standard InChI is InChI=1S/C13H17BrN2O/c14-10-11(8-6-7-8)15-12(16-13(10)17)9-4-2-1-3-5-9/h8-9H,1-7H2,(H,15,16,17). The Hall–Kier alpha value is -0.640. The SMILES string of the molecule is O=c1[nH]c(C2CCCCC2)nc(C2CC2)c1Br. The summed E-state index contributed by atoms with van der Waals surface area (Å²) in [7, 11) is 0. The van der Waals surface area contributed by atoms with Crippen LogP contribution in [-0.4, -0.2) is 9.97 Å². The van der Waals surface area contributed by atoms with E-state index in [1.807, 2.05) is 0 Å². The first-order valence-electron chi connectivity index (χ1n) is 6.55. The van der Waals surface area contributed by atoms with Gasteiger partial charge in [0.2, 0.25) is 0 Å². The molecule has 3 rings (SSSR count). The zero-order valence-corrected chi connectivity index (χ0v) is 11.4. The normalized spacial score (nSPS) is 21.7. The maximum Gasteiger partial charge on any atom is 0.265 e. The van der Waals surface area contributed by atoms with Crippen LogP contribution in [0.1, 0.15) is 68.3 Å². The molecule has 0 saturated heterocycles. The lowest BCUT2D eigenvalue weighted by Gasteiger charge is -2.21. The molecule has 0 radical (unpaired) electrons. The highest BCUT2D eigenvalue weighted by Crippen LogP contribution is 2.42. The zero-order chi connectivity index (χ0) is 11.8. The molecule has 2 aliphatic rings. The predicted octanol–water partition coefficient (Wildman–Crippen LogP) is 3.46. The first-order chi connectivity index (χ1) is 8.25. The van der Waals surface area contributed by atoms with Crippen molar-refractivity contribution in [2.75, 3.05) is 0 Å². The third-order valence-corrected chi connectivity index (χ3v) is 4.63. The number of H-pyrrole nitrogens is 1. The summed E-state index contributed by atoms with van der Waals surface area (Å²) < 4.78 is 0.652. The highest BCUT2D eigenvalue weighted by Gasteiger charge is 2.30. The minimum Gasteiger partial charge on any atom is -0.309 e. The number of nitrogens with one attached hydrogen (secondary N) is 1. The second-order valence-electron chi connectivity index (χ2n) is 5.26. The van der Waals surface area contributed by atoms with Crippen LogP contribution in [0.3, 0.4) is 0 Å². The summed E-state index contributed by atoms with van der Waals surface area (Å²) in [6, 6.07) is 0. The minimum atomic E-state index is 0.00229. The second-order valence-corrected chi connectivity index (χ2v) is 6.05. The molecule has 0 aromatic carbocycles. The maximum atomic E-state index is 11.9. The van der Waals surface area contributed by atoms with Gasteiger partial charge in [0.05, 0.1) is 5.69 Å². The molecular formula is C13H17BrN2O. The highest BCUT2D eigenvalue weighted by atomic mass is 79.9. The summed E-state index contributed by atoms with van der Waals surface area (Å²) in [5.74, 6) is 1.93.